The molecule has 0 saturated carbocycles. The van der Waals surface area contributed by atoms with Crippen LogP contribution < -0.4 is 5.32 Å². The zero-order valence-electron chi connectivity index (χ0n) is 11.9. The topological polar surface area (TPSA) is 39.1 Å². The van der Waals surface area contributed by atoms with Crippen LogP contribution in [0.5, 0.6) is 0 Å². The van der Waals surface area contributed by atoms with Gasteiger partial charge in [-0.15, -0.1) is 0 Å². The Bertz CT molecular complexity index is 507. The first-order valence-electron chi connectivity index (χ1n) is 7.01. The maximum absolute atomic E-state index is 5.09. The summed E-state index contributed by atoms with van der Waals surface area (Å²) in [5.41, 5.74) is 2.37. The van der Waals surface area contributed by atoms with E-state index in [4.69, 9.17) is 9.84 Å². The van der Waals surface area contributed by atoms with Gasteiger partial charge in [-0.1, -0.05) is 25.1 Å². The van der Waals surface area contributed by atoms with Crippen molar-refractivity contribution in [1.29, 1.82) is 0 Å². The molecule has 1 heterocycles. The third kappa shape index (κ3) is 3.55. The molecule has 0 radical (unpaired) electrons. The summed E-state index contributed by atoms with van der Waals surface area (Å²) in [6.45, 7) is 5.69. The van der Waals surface area contributed by atoms with Gasteiger partial charge >= 0.3 is 0 Å². The number of unbranched alkanes of at least 4 members (excludes halogenated alkanes) is 1. The number of fused-ring (bicyclic) bond motifs is 1. The van der Waals surface area contributed by atoms with E-state index >= 15 is 0 Å². The van der Waals surface area contributed by atoms with Crippen molar-refractivity contribution < 1.29 is 4.74 Å². The second-order valence-corrected chi connectivity index (χ2v) is 4.67. The van der Waals surface area contributed by atoms with Crippen LogP contribution in [0.3, 0.4) is 0 Å². The molecule has 2 rings (SSSR count). The molecule has 0 atom stereocenters. The van der Waals surface area contributed by atoms with E-state index in [1.54, 1.807) is 7.11 Å². The fourth-order valence-electron chi connectivity index (χ4n) is 2.25. The maximum Gasteiger partial charge on any atom is 0.0841 e. The van der Waals surface area contributed by atoms with Crippen LogP contribution in [-0.4, -0.2) is 30.0 Å². The molecule has 0 spiro atoms. The molecule has 2 aromatic rings. The average Bonchev–Trinajstić information content (AvgIpc) is 2.80. The molecule has 4 heteroatoms. The van der Waals surface area contributed by atoms with Crippen LogP contribution in [0.4, 0.5) is 0 Å². The van der Waals surface area contributed by atoms with Crippen molar-refractivity contribution in [2.75, 3.05) is 20.3 Å². The Kier molecular flexibility index (Phi) is 5.36. The Morgan fingerprint density at radius 3 is 2.89 bits per heavy atom. The van der Waals surface area contributed by atoms with Gasteiger partial charge in [0.15, 0.2) is 0 Å². The molecule has 0 bridgehead atoms. The standard InChI is InChI=1S/C15H23N3O/c1-3-16-12-14-13-8-4-5-9-15(13)18(17-14)10-6-7-11-19-2/h4-5,8-9,16H,3,6-7,10-12H2,1-2H3. The van der Waals surface area contributed by atoms with Gasteiger partial charge in [-0.05, 0) is 25.5 Å². The third-order valence-corrected chi connectivity index (χ3v) is 3.25. The van der Waals surface area contributed by atoms with Crippen molar-refractivity contribution >= 4 is 10.9 Å². The van der Waals surface area contributed by atoms with Crippen LogP contribution in [0.15, 0.2) is 24.3 Å². The molecule has 104 valence electrons. The molecule has 0 unspecified atom stereocenters. The summed E-state index contributed by atoms with van der Waals surface area (Å²) in [5, 5.41) is 9.35. The van der Waals surface area contributed by atoms with Gasteiger partial charge in [-0.25, -0.2) is 0 Å². The highest BCUT2D eigenvalue weighted by Crippen LogP contribution is 2.18. The highest BCUT2D eigenvalue weighted by atomic mass is 16.5. The molecule has 0 aliphatic rings. The van der Waals surface area contributed by atoms with Crippen molar-refractivity contribution in [3.05, 3.63) is 30.0 Å². The Morgan fingerprint density at radius 2 is 2.11 bits per heavy atom. The summed E-state index contributed by atoms with van der Waals surface area (Å²) in [5.74, 6) is 0. The second kappa shape index (κ2) is 7.26. The van der Waals surface area contributed by atoms with Gasteiger partial charge in [-0.2, -0.15) is 5.10 Å². The zero-order valence-corrected chi connectivity index (χ0v) is 11.9. The van der Waals surface area contributed by atoms with Gasteiger partial charge in [0.1, 0.15) is 0 Å². The largest absolute Gasteiger partial charge is 0.385 e. The zero-order chi connectivity index (χ0) is 13.5. The van der Waals surface area contributed by atoms with Gasteiger partial charge in [0.05, 0.1) is 11.2 Å². The molecule has 4 nitrogen and oxygen atoms in total. The number of methoxy groups -OCH3 is 1. The summed E-state index contributed by atoms with van der Waals surface area (Å²) in [6, 6.07) is 8.45. The molecule has 0 saturated heterocycles. The lowest BCUT2D eigenvalue weighted by molar-refractivity contribution is 0.191. The number of hydrogen-bond donors (Lipinski definition) is 1. The lowest BCUT2D eigenvalue weighted by Crippen LogP contribution is -2.12. The normalized spacial score (nSPS) is 11.3. The van der Waals surface area contributed by atoms with Gasteiger partial charge in [0.25, 0.3) is 0 Å². The van der Waals surface area contributed by atoms with Gasteiger partial charge in [0.2, 0.25) is 0 Å². The minimum Gasteiger partial charge on any atom is -0.385 e. The minimum atomic E-state index is 0.823. The van der Waals surface area contributed by atoms with Gasteiger partial charge in [-0.3, -0.25) is 4.68 Å². The first kappa shape index (κ1) is 14.0. The first-order chi connectivity index (χ1) is 9.36. The lowest BCUT2D eigenvalue weighted by atomic mass is 10.2. The van der Waals surface area contributed by atoms with Crippen molar-refractivity contribution in [3.63, 3.8) is 0 Å². The highest BCUT2D eigenvalue weighted by Gasteiger charge is 2.08. The Balaban J connectivity index is 2.13. The SMILES string of the molecule is CCNCc1nn(CCCCOC)c2ccccc12. The predicted molar refractivity (Wildman–Crippen MR) is 78.2 cm³/mol. The molecule has 1 aromatic heterocycles. The van der Waals surface area contributed by atoms with E-state index in [1.165, 1.54) is 10.9 Å². The number of nitrogens with zero attached hydrogens (tertiary/aromatic N) is 2. The lowest BCUT2D eigenvalue weighted by Gasteiger charge is -2.03. The van der Waals surface area contributed by atoms with E-state index < -0.39 is 0 Å². The molecule has 0 fully saturated rings. The summed E-state index contributed by atoms with van der Waals surface area (Å²) in [6.07, 6.45) is 2.17. The van der Waals surface area contributed by atoms with Crippen molar-refractivity contribution in [1.82, 2.24) is 15.1 Å². The summed E-state index contributed by atoms with van der Waals surface area (Å²) in [7, 11) is 1.75. The van der Waals surface area contributed by atoms with Crippen LogP contribution >= 0.6 is 0 Å². The van der Waals surface area contributed by atoms with E-state index in [0.717, 1.165) is 44.8 Å². The number of hydrogen-bond acceptors (Lipinski definition) is 3. The van der Waals surface area contributed by atoms with E-state index in [1.807, 2.05) is 0 Å². The predicted octanol–water partition coefficient (Wildman–Crippen LogP) is 2.57. The fourth-order valence-corrected chi connectivity index (χ4v) is 2.25. The van der Waals surface area contributed by atoms with Crippen molar-refractivity contribution in [2.45, 2.75) is 32.9 Å². The molecule has 0 amide bonds. The van der Waals surface area contributed by atoms with E-state index in [-0.39, 0.29) is 0 Å². The number of benzene rings is 1. The van der Waals surface area contributed by atoms with Crippen molar-refractivity contribution in [2.24, 2.45) is 0 Å². The van der Waals surface area contributed by atoms with Crippen LogP contribution in [0, 0.1) is 0 Å². The number of aromatic nitrogens is 2. The molecule has 0 aliphatic heterocycles. The van der Waals surface area contributed by atoms with Crippen LogP contribution in [0.1, 0.15) is 25.5 Å². The summed E-state index contributed by atoms with van der Waals surface area (Å²) >= 11 is 0. The quantitative estimate of drug-likeness (QED) is 0.742. The molecular weight excluding hydrogens is 238 g/mol. The second-order valence-electron chi connectivity index (χ2n) is 4.67. The number of ether oxygens (including phenoxy) is 1. The molecular formula is C15H23N3O. The molecule has 1 N–H and O–H groups in total. The average molecular weight is 261 g/mol. The molecule has 19 heavy (non-hydrogen) atoms. The van der Waals surface area contributed by atoms with Crippen molar-refractivity contribution in [3.8, 4) is 0 Å². The smallest absolute Gasteiger partial charge is 0.0841 e. The van der Waals surface area contributed by atoms with Crippen LogP contribution in [0.25, 0.3) is 10.9 Å². The van der Waals surface area contributed by atoms with Gasteiger partial charge < -0.3 is 10.1 Å². The number of aryl methyl sites for hydroxylation is 1. The van der Waals surface area contributed by atoms with E-state index in [0.29, 0.717) is 0 Å². The van der Waals surface area contributed by atoms with Crippen LogP contribution in [0.2, 0.25) is 0 Å². The van der Waals surface area contributed by atoms with Crippen LogP contribution in [-0.2, 0) is 17.8 Å². The number of nitrogens with one attached hydrogen (secondary N) is 1. The van der Waals surface area contributed by atoms with E-state index in [2.05, 4.69) is 41.2 Å². The third-order valence-electron chi connectivity index (χ3n) is 3.25. The Labute approximate surface area is 114 Å². The van der Waals surface area contributed by atoms with E-state index in [9.17, 15) is 0 Å². The first-order valence-corrected chi connectivity index (χ1v) is 7.01. The summed E-state index contributed by atoms with van der Waals surface area (Å²) < 4.78 is 7.21. The maximum atomic E-state index is 5.09. The molecule has 1 aromatic carbocycles. The highest BCUT2D eigenvalue weighted by molar-refractivity contribution is 5.81. The minimum absolute atomic E-state index is 0.823. The fraction of sp³-hybridized carbons (Fsp3) is 0.533. The Hall–Kier alpha value is -1.39. The Morgan fingerprint density at radius 1 is 1.26 bits per heavy atom. The monoisotopic (exact) mass is 261 g/mol. The molecule has 0 aliphatic carbocycles. The number of para-hydroxylation sites is 1. The van der Waals surface area contributed by atoms with Gasteiger partial charge in [0, 0.05) is 32.2 Å². The summed E-state index contributed by atoms with van der Waals surface area (Å²) in [4.78, 5) is 0. The number of rotatable bonds is 8.